The van der Waals surface area contributed by atoms with Crippen molar-refractivity contribution in [3.8, 4) is 0 Å². The van der Waals surface area contributed by atoms with Crippen molar-refractivity contribution < 1.29 is 17.9 Å². The molecule has 0 unspecified atom stereocenters. The zero-order valence-corrected chi connectivity index (χ0v) is 12.1. The number of hydrogen-bond donors (Lipinski definition) is 3. The Morgan fingerprint density at radius 2 is 2.15 bits per heavy atom. The maximum atomic E-state index is 12.0. The number of ether oxygens (including phenoxy) is 2. The molecule has 0 aliphatic rings. The molecule has 0 aromatic carbocycles. The smallest absolute Gasteiger partial charge is 0.244 e. The van der Waals surface area contributed by atoms with Crippen molar-refractivity contribution >= 4 is 15.7 Å². The Morgan fingerprint density at radius 3 is 2.85 bits per heavy atom. The maximum absolute atomic E-state index is 12.0. The molecule has 0 fully saturated rings. The van der Waals surface area contributed by atoms with Crippen LogP contribution in [0.25, 0.3) is 0 Å². The topological polar surface area (TPSA) is 116 Å². The van der Waals surface area contributed by atoms with Gasteiger partial charge in [-0.15, -0.1) is 0 Å². The minimum atomic E-state index is -3.64. The summed E-state index contributed by atoms with van der Waals surface area (Å²) in [6.45, 7) is 1.75. The first-order valence-corrected chi connectivity index (χ1v) is 7.57. The summed E-state index contributed by atoms with van der Waals surface area (Å²) in [6, 6.07) is 1.49. The van der Waals surface area contributed by atoms with Gasteiger partial charge in [0.1, 0.15) is 4.90 Å². The summed E-state index contributed by atoms with van der Waals surface area (Å²) in [5, 5.41) is 0. The number of nitrogens with two attached hydrogens (primary N) is 1. The summed E-state index contributed by atoms with van der Waals surface area (Å²) in [4.78, 5) is 3.80. The van der Waals surface area contributed by atoms with E-state index in [2.05, 4.69) is 15.1 Å². The monoisotopic (exact) mass is 304 g/mol. The second-order valence-electron chi connectivity index (χ2n) is 3.87. The Labute approximate surface area is 118 Å². The lowest BCUT2D eigenvalue weighted by Gasteiger charge is -2.10. The number of sulfonamides is 1. The summed E-state index contributed by atoms with van der Waals surface area (Å²) in [5.41, 5.74) is 2.62. The van der Waals surface area contributed by atoms with Crippen LogP contribution in [0.2, 0.25) is 0 Å². The van der Waals surface area contributed by atoms with Gasteiger partial charge in [-0.2, -0.15) is 0 Å². The average molecular weight is 304 g/mol. The molecule has 8 nitrogen and oxygen atoms in total. The molecule has 0 bridgehead atoms. The van der Waals surface area contributed by atoms with Crippen LogP contribution in [0, 0.1) is 0 Å². The van der Waals surface area contributed by atoms with Gasteiger partial charge in [-0.3, -0.25) is 10.8 Å². The number of rotatable bonds is 10. The van der Waals surface area contributed by atoms with E-state index in [-0.39, 0.29) is 11.4 Å². The molecule has 0 aliphatic heterocycles. The zero-order chi connectivity index (χ0) is 14.8. The van der Waals surface area contributed by atoms with Crippen LogP contribution >= 0.6 is 0 Å². The summed E-state index contributed by atoms with van der Waals surface area (Å²) in [6.07, 6.45) is 3.26. The largest absolute Gasteiger partial charge is 0.382 e. The van der Waals surface area contributed by atoms with E-state index in [0.717, 1.165) is 0 Å². The Morgan fingerprint density at radius 1 is 1.35 bits per heavy atom. The van der Waals surface area contributed by atoms with E-state index in [0.29, 0.717) is 31.9 Å². The van der Waals surface area contributed by atoms with Crippen LogP contribution in [0.4, 0.5) is 5.69 Å². The Hall–Kier alpha value is -1.26. The lowest BCUT2D eigenvalue weighted by atomic mass is 10.4. The predicted octanol–water partition coefficient (Wildman–Crippen LogP) is -0.301. The van der Waals surface area contributed by atoms with E-state index in [1.54, 1.807) is 7.11 Å². The quantitative estimate of drug-likeness (QED) is 0.309. The fourth-order valence-electron chi connectivity index (χ4n) is 1.42. The molecule has 1 heterocycles. The van der Waals surface area contributed by atoms with E-state index < -0.39 is 10.0 Å². The lowest BCUT2D eigenvalue weighted by molar-refractivity contribution is 0.0699. The molecule has 114 valence electrons. The van der Waals surface area contributed by atoms with Gasteiger partial charge in [0.25, 0.3) is 0 Å². The first-order valence-electron chi connectivity index (χ1n) is 6.09. The van der Waals surface area contributed by atoms with Crippen molar-refractivity contribution in [2.24, 2.45) is 5.84 Å². The van der Waals surface area contributed by atoms with Crippen LogP contribution in [0.5, 0.6) is 0 Å². The number of methoxy groups -OCH3 is 1. The van der Waals surface area contributed by atoms with Gasteiger partial charge in [-0.25, -0.2) is 13.1 Å². The van der Waals surface area contributed by atoms with Crippen LogP contribution < -0.4 is 16.0 Å². The van der Waals surface area contributed by atoms with Crippen molar-refractivity contribution in [1.82, 2.24) is 9.71 Å². The molecule has 1 aromatic heterocycles. The standard InChI is InChI=1S/C11H20N4O4S/c1-18-7-8-19-6-2-4-14-20(16,17)11-9-13-5-3-10(11)15-12/h3,5,9,14H,2,4,6-8,12H2,1H3,(H,13,15). The highest BCUT2D eigenvalue weighted by molar-refractivity contribution is 7.89. The number of pyridine rings is 1. The number of nitrogens with zero attached hydrogens (tertiary/aromatic N) is 1. The third-order valence-electron chi connectivity index (χ3n) is 2.42. The van der Waals surface area contributed by atoms with Crippen molar-refractivity contribution in [3.63, 3.8) is 0 Å². The molecule has 1 aromatic rings. The summed E-state index contributed by atoms with van der Waals surface area (Å²) in [7, 11) is -2.04. The molecule has 20 heavy (non-hydrogen) atoms. The Balaban J connectivity index is 2.42. The van der Waals surface area contributed by atoms with Gasteiger partial charge in [0, 0.05) is 32.7 Å². The SMILES string of the molecule is COCCOCCCNS(=O)(=O)c1cnccc1NN. The normalized spacial score (nSPS) is 11.5. The van der Waals surface area contributed by atoms with E-state index in [9.17, 15) is 8.42 Å². The zero-order valence-electron chi connectivity index (χ0n) is 11.3. The van der Waals surface area contributed by atoms with Gasteiger partial charge in [0.05, 0.1) is 18.9 Å². The minimum absolute atomic E-state index is 0.0165. The van der Waals surface area contributed by atoms with Crippen LogP contribution in [-0.4, -0.2) is 46.9 Å². The minimum Gasteiger partial charge on any atom is -0.382 e. The van der Waals surface area contributed by atoms with Gasteiger partial charge in [0.15, 0.2) is 0 Å². The highest BCUT2D eigenvalue weighted by Crippen LogP contribution is 2.17. The van der Waals surface area contributed by atoms with Gasteiger partial charge in [-0.05, 0) is 12.5 Å². The number of aromatic nitrogens is 1. The van der Waals surface area contributed by atoms with Crippen molar-refractivity contribution in [3.05, 3.63) is 18.5 Å². The highest BCUT2D eigenvalue weighted by atomic mass is 32.2. The number of anilines is 1. The molecule has 0 aliphatic carbocycles. The highest BCUT2D eigenvalue weighted by Gasteiger charge is 2.17. The molecule has 0 radical (unpaired) electrons. The molecule has 0 spiro atoms. The van der Waals surface area contributed by atoms with E-state index in [1.165, 1.54) is 18.5 Å². The van der Waals surface area contributed by atoms with Gasteiger partial charge in [0.2, 0.25) is 10.0 Å². The fraction of sp³-hybridized carbons (Fsp3) is 0.545. The third-order valence-corrected chi connectivity index (χ3v) is 3.91. The first kappa shape index (κ1) is 16.8. The second kappa shape index (κ2) is 8.82. The molecule has 9 heteroatoms. The first-order chi connectivity index (χ1) is 9.61. The lowest BCUT2D eigenvalue weighted by Crippen LogP contribution is -2.27. The summed E-state index contributed by atoms with van der Waals surface area (Å²) >= 11 is 0. The number of hydrazine groups is 1. The van der Waals surface area contributed by atoms with Gasteiger partial charge >= 0.3 is 0 Å². The summed E-state index contributed by atoms with van der Waals surface area (Å²) < 4.78 is 36.6. The third kappa shape index (κ3) is 5.39. The van der Waals surface area contributed by atoms with Crippen LogP contribution in [0.15, 0.2) is 23.4 Å². The fourth-order valence-corrected chi connectivity index (χ4v) is 2.60. The molecule has 0 saturated carbocycles. The van der Waals surface area contributed by atoms with Crippen molar-refractivity contribution in [2.45, 2.75) is 11.3 Å². The molecule has 0 atom stereocenters. The summed E-state index contributed by atoms with van der Waals surface area (Å²) in [5.74, 6) is 5.27. The molecular weight excluding hydrogens is 284 g/mol. The second-order valence-corrected chi connectivity index (χ2v) is 5.61. The van der Waals surface area contributed by atoms with E-state index in [4.69, 9.17) is 15.3 Å². The maximum Gasteiger partial charge on any atom is 0.244 e. The number of hydrogen-bond acceptors (Lipinski definition) is 7. The van der Waals surface area contributed by atoms with Crippen LogP contribution in [-0.2, 0) is 19.5 Å². The van der Waals surface area contributed by atoms with Crippen molar-refractivity contribution in [2.75, 3.05) is 38.9 Å². The number of nitrogen functional groups attached to an aromatic ring is 1. The van der Waals surface area contributed by atoms with E-state index in [1.807, 2.05) is 0 Å². The molecule has 0 amide bonds. The molecular formula is C11H20N4O4S. The Bertz CT molecular complexity index is 495. The van der Waals surface area contributed by atoms with Crippen LogP contribution in [0.1, 0.15) is 6.42 Å². The average Bonchev–Trinajstić information content (AvgIpc) is 2.46. The molecule has 4 N–H and O–H groups in total. The molecule has 1 rings (SSSR count). The van der Waals surface area contributed by atoms with Gasteiger partial charge < -0.3 is 14.9 Å². The Kier molecular flexibility index (Phi) is 7.41. The van der Waals surface area contributed by atoms with Crippen molar-refractivity contribution in [1.29, 1.82) is 0 Å². The van der Waals surface area contributed by atoms with Crippen LogP contribution in [0.3, 0.4) is 0 Å². The predicted molar refractivity (Wildman–Crippen MR) is 74.5 cm³/mol. The number of nitrogens with one attached hydrogen (secondary N) is 2. The van der Waals surface area contributed by atoms with E-state index >= 15 is 0 Å². The van der Waals surface area contributed by atoms with Gasteiger partial charge in [-0.1, -0.05) is 0 Å². The molecule has 0 saturated heterocycles.